The van der Waals surface area contributed by atoms with Gasteiger partial charge in [0.1, 0.15) is 0 Å². The maximum atomic E-state index is 13.3. The summed E-state index contributed by atoms with van der Waals surface area (Å²) in [5.74, 6) is 1.66. The van der Waals surface area contributed by atoms with Crippen LogP contribution in [-0.4, -0.2) is 59.5 Å². The molecule has 0 saturated carbocycles. The Morgan fingerprint density at radius 1 is 0.816 bits per heavy atom. The van der Waals surface area contributed by atoms with Crippen LogP contribution in [0.4, 0.5) is 0 Å². The second kappa shape index (κ2) is 8.56. The highest BCUT2D eigenvalue weighted by Crippen LogP contribution is 2.44. The summed E-state index contributed by atoms with van der Waals surface area (Å²) in [4.78, 5) is 32.1. The number of hydrogen-bond donors (Lipinski definition) is 2. The largest absolute Gasteiger partial charge is 0.454 e. The summed E-state index contributed by atoms with van der Waals surface area (Å²) < 4.78 is 24.5. The van der Waals surface area contributed by atoms with Crippen molar-refractivity contribution in [2.45, 2.75) is 20.4 Å². The van der Waals surface area contributed by atoms with Gasteiger partial charge in [0.05, 0.1) is 16.7 Å². The first-order chi connectivity index (χ1) is 18.6. The van der Waals surface area contributed by atoms with E-state index in [2.05, 4.69) is 33.6 Å². The van der Waals surface area contributed by atoms with Crippen LogP contribution >= 0.6 is 0 Å². The lowest BCUT2D eigenvalue weighted by Gasteiger charge is -2.18. The van der Waals surface area contributed by atoms with Crippen molar-refractivity contribution in [1.29, 1.82) is 0 Å². The molecule has 0 bridgehead atoms. The second-order valence-electron chi connectivity index (χ2n) is 9.47. The third-order valence-electron chi connectivity index (χ3n) is 7.57. The Kier molecular flexibility index (Phi) is 5.12. The van der Waals surface area contributed by atoms with E-state index in [0.717, 1.165) is 41.4 Å². The molecular weight excluding hydrogens is 488 g/mol. The number of carbonyl (C=O) groups excluding carboxylic acids is 2. The fourth-order valence-electron chi connectivity index (χ4n) is 5.54. The minimum Gasteiger partial charge on any atom is -0.454 e. The van der Waals surface area contributed by atoms with Crippen LogP contribution in [0.15, 0.2) is 36.7 Å². The predicted molar refractivity (Wildman–Crippen MR) is 140 cm³/mol. The smallest absolute Gasteiger partial charge is 0.259 e. The zero-order valence-electron chi connectivity index (χ0n) is 21.1. The number of hydrogen-bond acceptors (Lipinski definition) is 7. The molecule has 2 N–H and O–H groups in total. The van der Waals surface area contributed by atoms with Gasteiger partial charge in [-0.25, -0.2) is 0 Å². The molecule has 38 heavy (non-hydrogen) atoms. The van der Waals surface area contributed by atoms with E-state index in [-0.39, 0.29) is 13.6 Å². The van der Waals surface area contributed by atoms with Gasteiger partial charge in [0.2, 0.25) is 13.6 Å². The van der Waals surface area contributed by atoms with Crippen molar-refractivity contribution in [3.8, 4) is 23.0 Å². The molecule has 7 rings (SSSR count). The van der Waals surface area contributed by atoms with E-state index < -0.39 is 11.8 Å². The van der Waals surface area contributed by atoms with Crippen LogP contribution in [0.1, 0.15) is 25.0 Å². The highest BCUT2D eigenvalue weighted by molar-refractivity contribution is 6.50. The molecule has 0 aliphatic carbocycles. The third-order valence-corrected chi connectivity index (χ3v) is 7.57. The van der Waals surface area contributed by atoms with Crippen LogP contribution in [0.3, 0.4) is 0 Å². The summed E-state index contributed by atoms with van der Waals surface area (Å²) in [5.41, 5.74) is 3.65. The van der Waals surface area contributed by atoms with E-state index in [1.807, 2.05) is 30.5 Å². The summed E-state index contributed by atoms with van der Waals surface area (Å²) in [6.07, 6.45) is 3.71. The molecule has 10 nitrogen and oxygen atoms in total. The van der Waals surface area contributed by atoms with Gasteiger partial charge in [0.15, 0.2) is 23.0 Å². The lowest BCUT2D eigenvalue weighted by atomic mass is 9.95. The fourth-order valence-corrected chi connectivity index (χ4v) is 5.54. The molecule has 3 aliphatic rings. The number of nitrogens with zero attached hydrogens (tertiary/aromatic N) is 2. The Bertz CT molecular complexity index is 1680. The Morgan fingerprint density at radius 2 is 1.42 bits per heavy atom. The molecule has 0 atom stereocenters. The molecule has 2 aromatic heterocycles. The highest BCUT2D eigenvalue weighted by atomic mass is 16.7. The molecule has 5 heterocycles. The molecular formula is C28H26N4O6. The number of imide groups is 1. The first-order valence-corrected chi connectivity index (χ1v) is 12.7. The topological polar surface area (TPSA) is 107 Å². The van der Waals surface area contributed by atoms with Gasteiger partial charge in [0.25, 0.3) is 11.8 Å². The Balaban J connectivity index is 1.43. The average molecular weight is 515 g/mol. The third kappa shape index (κ3) is 3.37. The van der Waals surface area contributed by atoms with Crippen molar-refractivity contribution in [2.24, 2.45) is 0 Å². The number of carbonyl (C=O) groups is 2. The zero-order valence-corrected chi connectivity index (χ0v) is 21.1. The number of aromatic amines is 1. The van der Waals surface area contributed by atoms with Gasteiger partial charge in [-0.2, -0.15) is 0 Å². The van der Waals surface area contributed by atoms with Crippen molar-refractivity contribution in [2.75, 3.05) is 33.2 Å². The minimum absolute atomic E-state index is 0.146. The van der Waals surface area contributed by atoms with Gasteiger partial charge in [-0.15, -0.1) is 0 Å². The molecule has 0 fully saturated rings. The van der Waals surface area contributed by atoms with Gasteiger partial charge in [-0.05, 0) is 25.2 Å². The molecule has 2 amide bonds. The number of H-pyrrole nitrogens is 1. The predicted octanol–water partition coefficient (Wildman–Crippen LogP) is 3.49. The first kappa shape index (κ1) is 22.7. The molecule has 194 valence electrons. The van der Waals surface area contributed by atoms with E-state index in [9.17, 15) is 9.59 Å². The van der Waals surface area contributed by atoms with Crippen LogP contribution in [0.5, 0.6) is 23.0 Å². The number of likely N-dealkylation sites (N-methyl/N-ethyl adjacent to an activating group) is 1. The van der Waals surface area contributed by atoms with Crippen LogP contribution in [0.25, 0.3) is 33.0 Å². The van der Waals surface area contributed by atoms with Gasteiger partial charge in [-0.1, -0.05) is 13.8 Å². The van der Waals surface area contributed by atoms with Gasteiger partial charge in [-0.3, -0.25) is 14.9 Å². The van der Waals surface area contributed by atoms with Crippen LogP contribution < -0.4 is 24.3 Å². The van der Waals surface area contributed by atoms with E-state index in [0.29, 0.717) is 51.8 Å². The molecule has 2 aromatic carbocycles. The summed E-state index contributed by atoms with van der Waals surface area (Å²) in [5, 5.41) is 4.12. The maximum absolute atomic E-state index is 13.3. The summed E-state index contributed by atoms with van der Waals surface area (Å²) in [7, 11) is 0. The molecule has 0 spiro atoms. The standard InChI is InChI=1S/C28H26N4O6/c1-3-31(4-2)5-6-32-12-18(16-8-22-24(10-20(16)32)38-14-36-22)26-25(27(33)30-28(26)34)17-11-29-19-9-23-21(7-15(17)19)35-13-37-23/h7-12,29H,3-6,13-14H2,1-2H3,(H,30,33,34). The SMILES string of the molecule is CCN(CC)CCn1cc(C2=C(c3c[nH]c4cc5c(cc34)OCO5)C(=O)NC2=O)c2cc3c(cc21)OCO3. The van der Waals surface area contributed by atoms with Crippen molar-refractivity contribution < 1.29 is 28.5 Å². The van der Waals surface area contributed by atoms with Gasteiger partial charge >= 0.3 is 0 Å². The quantitative estimate of drug-likeness (QED) is 0.364. The van der Waals surface area contributed by atoms with Crippen molar-refractivity contribution in [3.63, 3.8) is 0 Å². The maximum Gasteiger partial charge on any atom is 0.259 e. The lowest BCUT2D eigenvalue weighted by Crippen LogP contribution is -2.26. The number of fused-ring (bicyclic) bond motifs is 4. The fraction of sp³-hybridized carbons (Fsp3) is 0.286. The number of rotatable bonds is 7. The first-order valence-electron chi connectivity index (χ1n) is 12.7. The molecule has 0 radical (unpaired) electrons. The second-order valence-corrected chi connectivity index (χ2v) is 9.47. The molecule has 10 heteroatoms. The molecule has 0 saturated heterocycles. The Morgan fingerprint density at radius 3 is 2.11 bits per heavy atom. The van der Waals surface area contributed by atoms with Crippen LogP contribution in [0, 0.1) is 0 Å². The molecule has 3 aliphatic heterocycles. The van der Waals surface area contributed by atoms with E-state index in [1.54, 1.807) is 6.20 Å². The summed E-state index contributed by atoms with van der Waals surface area (Å²) in [6.45, 7) is 8.02. The minimum atomic E-state index is -0.437. The summed E-state index contributed by atoms with van der Waals surface area (Å²) >= 11 is 0. The van der Waals surface area contributed by atoms with Crippen LogP contribution in [-0.2, 0) is 16.1 Å². The normalized spacial score (nSPS) is 16.1. The number of benzene rings is 2. The number of nitrogens with one attached hydrogen (secondary N) is 2. The summed E-state index contributed by atoms with van der Waals surface area (Å²) in [6, 6.07) is 7.53. The van der Waals surface area contributed by atoms with Crippen LogP contribution in [0.2, 0.25) is 0 Å². The average Bonchev–Trinajstić information content (AvgIpc) is 3.73. The Labute approximate surface area is 217 Å². The van der Waals surface area contributed by atoms with E-state index in [4.69, 9.17) is 18.9 Å². The van der Waals surface area contributed by atoms with E-state index >= 15 is 0 Å². The molecule has 0 unspecified atom stereocenters. The van der Waals surface area contributed by atoms with E-state index in [1.165, 1.54) is 0 Å². The Hall–Kier alpha value is -4.44. The van der Waals surface area contributed by atoms with Crippen molar-refractivity contribution in [3.05, 3.63) is 47.8 Å². The number of amides is 2. The monoisotopic (exact) mass is 514 g/mol. The zero-order chi connectivity index (χ0) is 26.0. The van der Waals surface area contributed by atoms with Gasteiger partial charge < -0.3 is 33.4 Å². The lowest BCUT2D eigenvalue weighted by molar-refractivity contribution is -0.122. The highest BCUT2D eigenvalue weighted by Gasteiger charge is 2.36. The van der Waals surface area contributed by atoms with Crippen molar-refractivity contribution in [1.82, 2.24) is 19.8 Å². The molecule has 4 aromatic rings. The van der Waals surface area contributed by atoms with Crippen molar-refractivity contribution >= 4 is 44.8 Å². The van der Waals surface area contributed by atoms with Gasteiger partial charge in [0, 0.05) is 65.0 Å². The number of ether oxygens (including phenoxy) is 4. The number of aromatic nitrogens is 2.